The third kappa shape index (κ3) is 5.23. The Balaban J connectivity index is 1.92. The maximum absolute atomic E-state index is 12.3. The summed E-state index contributed by atoms with van der Waals surface area (Å²) in [5, 5.41) is 2.97. The summed E-state index contributed by atoms with van der Waals surface area (Å²) in [6.07, 6.45) is 1.45. The molecule has 0 atom stereocenters. The van der Waals surface area contributed by atoms with Crippen molar-refractivity contribution in [2.24, 2.45) is 0 Å². The van der Waals surface area contributed by atoms with E-state index in [0.29, 0.717) is 30.6 Å². The molecule has 0 aliphatic carbocycles. The second kappa shape index (κ2) is 9.82. The van der Waals surface area contributed by atoms with E-state index in [0.717, 1.165) is 13.1 Å². The molecule has 1 N–H and O–H groups in total. The lowest BCUT2D eigenvalue weighted by Gasteiger charge is -2.19. The van der Waals surface area contributed by atoms with Crippen molar-refractivity contribution in [1.29, 1.82) is 0 Å². The van der Waals surface area contributed by atoms with Crippen molar-refractivity contribution in [1.82, 2.24) is 15.3 Å². The summed E-state index contributed by atoms with van der Waals surface area (Å²) >= 11 is 6.07. The first kappa shape index (κ1) is 19.8. The van der Waals surface area contributed by atoms with Gasteiger partial charge in [0.1, 0.15) is 18.1 Å². The summed E-state index contributed by atoms with van der Waals surface area (Å²) in [5.41, 5.74) is 0.157. The number of nitrogens with zero attached hydrogens (tertiary/aromatic N) is 3. The minimum Gasteiger partial charge on any atom is -0.497 e. The molecular weight excluding hydrogens is 356 g/mol. The van der Waals surface area contributed by atoms with E-state index in [1.807, 2.05) is 36.9 Å². The minimum atomic E-state index is -0.361. The Morgan fingerprint density at radius 2 is 2.00 bits per heavy atom. The molecule has 0 spiro atoms. The molecule has 0 saturated carbocycles. The number of anilines is 1. The van der Waals surface area contributed by atoms with Gasteiger partial charge in [0.25, 0.3) is 5.91 Å². The number of ether oxygens (including phenoxy) is 2. The molecule has 0 radical (unpaired) electrons. The third-order valence-corrected chi connectivity index (χ3v) is 3.97. The third-order valence-electron chi connectivity index (χ3n) is 3.69. The van der Waals surface area contributed by atoms with E-state index in [1.54, 1.807) is 13.2 Å². The predicted molar refractivity (Wildman–Crippen MR) is 101 cm³/mol. The van der Waals surface area contributed by atoms with Gasteiger partial charge in [-0.25, -0.2) is 9.97 Å². The Hall–Kier alpha value is -2.54. The smallest absolute Gasteiger partial charge is 0.271 e. The molecule has 0 unspecified atom stereocenters. The lowest BCUT2D eigenvalue weighted by atomic mass is 10.3. The molecule has 1 amide bonds. The Labute approximate surface area is 158 Å². The summed E-state index contributed by atoms with van der Waals surface area (Å²) in [4.78, 5) is 22.8. The summed E-state index contributed by atoms with van der Waals surface area (Å²) in [7, 11) is 1.59. The number of halogens is 1. The van der Waals surface area contributed by atoms with Crippen LogP contribution in [0.2, 0.25) is 5.02 Å². The summed E-state index contributed by atoms with van der Waals surface area (Å²) in [5.74, 6) is 1.50. The van der Waals surface area contributed by atoms with E-state index in [1.165, 1.54) is 6.20 Å². The number of methoxy groups -OCH3 is 1. The highest BCUT2D eigenvalue weighted by Crippen LogP contribution is 2.19. The quantitative estimate of drug-likeness (QED) is 0.676. The van der Waals surface area contributed by atoms with Gasteiger partial charge >= 0.3 is 0 Å². The summed E-state index contributed by atoms with van der Waals surface area (Å²) in [6.45, 7) is 6.11. The van der Waals surface area contributed by atoms with Crippen molar-refractivity contribution in [3.63, 3.8) is 0 Å². The average Bonchev–Trinajstić information content (AvgIpc) is 2.67. The molecule has 0 bridgehead atoms. The van der Waals surface area contributed by atoms with E-state index in [2.05, 4.69) is 15.3 Å². The fourth-order valence-corrected chi connectivity index (χ4v) is 2.46. The Bertz CT molecular complexity index is 738. The zero-order valence-electron chi connectivity index (χ0n) is 15.2. The number of amides is 1. The van der Waals surface area contributed by atoms with E-state index < -0.39 is 0 Å². The molecule has 1 aromatic heterocycles. The van der Waals surface area contributed by atoms with Gasteiger partial charge in [-0.05, 0) is 26.0 Å². The molecule has 26 heavy (non-hydrogen) atoms. The number of rotatable bonds is 9. The van der Waals surface area contributed by atoms with Crippen molar-refractivity contribution in [2.45, 2.75) is 13.8 Å². The van der Waals surface area contributed by atoms with Crippen molar-refractivity contribution < 1.29 is 14.3 Å². The molecule has 1 heterocycles. The van der Waals surface area contributed by atoms with Crippen LogP contribution in [0, 0.1) is 0 Å². The van der Waals surface area contributed by atoms with Crippen LogP contribution in [0.5, 0.6) is 11.5 Å². The molecular formula is C18H23ClN4O3. The van der Waals surface area contributed by atoms with Gasteiger partial charge in [-0.1, -0.05) is 17.7 Å². The van der Waals surface area contributed by atoms with Gasteiger partial charge in [0.05, 0.1) is 24.9 Å². The summed E-state index contributed by atoms with van der Waals surface area (Å²) < 4.78 is 10.7. The highest BCUT2D eigenvalue weighted by molar-refractivity contribution is 6.33. The van der Waals surface area contributed by atoms with Gasteiger partial charge in [-0.2, -0.15) is 0 Å². The molecule has 140 valence electrons. The normalized spacial score (nSPS) is 10.3. The van der Waals surface area contributed by atoms with Crippen molar-refractivity contribution in [3.8, 4) is 11.5 Å². The zero-order chi connectivity index (χ0) is 18.9. The first-order valence-corrected chi connectivity index (χ1v) is 8.79. The van der Waals surface area contributed by atoms with Gasteiger partial charge in [0, 0.05) is 19.2 Å². The highest BCUT2D eigenvalue weighted by Gasteiger charge is 2.16. The van der Waals surface area contributed by atoms with Gasteiger partial charge in [-0.3, -0.25) is 4.79 Å². The van der Waals surface area contributed by atoms with E-state index in [9.17, 15) is 4.79 Å². The molecule has 0 aliphatic rings. The van der Waals surface area contributed by atoms with Crippen LogP contribution in [-0.4, -0.2) is 49.2 Å². The number of hydrogen-bond donors (Lipinski definition) is 1. The molecule has 2 rings (SSSR count). The van der Waals surface area contributed by atoms with Crippen LogP contribution < -0.4 is 19.7 Å². The SMILES string of the molecule is CCN(CC)c1ncc(Cl)c(C(=O)NCCOc2cccc(OC)c2)n1. The molecule has 8 heteroatoms. The number of aromatic nitrogens is 2. The van der Waals surface area contributed by atoms with Crippen LogP contribution in [0.25, 0.3) is 0 Å². The van der Waals surface area contributed by atoms with Crippen LogP contribution in [0.3, 0.4) is 0 Å². The number of nitrogens with one attached hydrogen (secondary N) is 1. The largest absolute Gasteiger partial charge is 0.497 e. The minimum absolute atomic E-state index is 0.157. The van der Waals surface area contributed by atoms with Crippen LogP contribution >= 0.6 is 11.6 Å². The van der Waals surface area contributed by atoms with Gasteiger partial charge in [0.2, 0.25) is 5.95 Å². The van der Waals surface area contributed by atoms with Gasteiger partial charge in [0.15, 0.2) is 5.69 Å². The van der Waals surface area contributed by atoms with Crippen LogP contribution in [-0.2, 0) is 0 Å². The maximum Gasteiger partial charge on any atom is 0.271 e. The summed E-state index contributed by atoms with van der Waals surface area (Å²) in [6, 6.07) is 7.27. The first-order chi connectivity index (χ1) is 12.6. The van der Waals surface area contributed by atoms with Crippen molar-refractivity contribution in [2.75, 3.05) is 38.3 Å². The van der Waals surface area contributed by atoms with Gasteiger partial charge in [-0.15, -0.1) is 0 Å². The zero-order valence-corrected chi connectivity index (χ0v) is 15.9. The van der Waals surface area contributed by atoms with Gasteiger partial charge < -0.3 is 19.7 Å². The molecule has 2 aromatic rings. The Morgan fingerprint density at radius 3 is 2.69 bits per heavy atom. The topological polar surface area (TPSA) is 76.6 Å². The average molecular weight is 379 g/mol. The molecule has 7 nitrogen and oxygen atoms in total. The Kier molecular flexibility index (Phi) is 7.47. The molecule has 0 saturated heterocycles. The number of carbonyl (C=O) groups excluding carboxylic acids is 1. The second-order valence-corrected chi connectivity index (χ2v) is 5.73. The molecule has 0 fully saturated rings. The monoisotopic (exact) mass is 378 g/mol. The molecule has 1 aromatic carbocycles. The van der Waals surface area contributed by atoms with Crippen LogP contribution in [0.15, 0.2) is 30.5 Å². The van der Waals surface area contributed by atoms with Crippen LogP contribution in [0.1, 0.15) is 24.3 Å². The fraction of sp³-hybridized carbons (Fsp3) is 0.389. The van der Waals surface area contributed by atoms with E-state index >= 15 is 0 Å². The van der Waals surface area contributed by atoms with Crippen molar-refractivity contribution in [3.05, 3.63) is 41.2 Å². The van der Waals surface area contributed by atoms with Crippen molar-refractivity contribution >= 4 is 23.5 Å². The van der Waals surface area contributed by atoms with Crippen LogP contribution in [0.4, 0.5) is 5.95 Å². The highest BCUT2D eigenvalue weighted by atomic mass is 35.5. The predicted octanol–water partition coefficient (Wildman–Crippen LogP) is 2.79. The standard InChI is InChI=1S/C18H23ClN4O3/c1-4-23(5-2)18-21-12-15(19)16(22-18)17(24)20-9-10-26-14-8-6-7-13(11-14)25-3/h6-8,11-12H,4-5,9-10H2,1-3H3,(H,20,24). The Morgan fingerprint density at radius 1 is 1.27 bits per heavy atom. The number of benzene rings is 1. The van der Waals surface area contributed by atoms with E-state index in [4.69, 9.17) is 21.1 Å². The van der Waals surface area contributed by atoms with E-state index in [-0.39, 0.29) is 16.6 Å². The molecule has 0 aliphatic heterocycles. The number of hydrogen-bond acceptors (Lipinski definition) is 6. The second-order valence-electron chi connectivity index (χ2n) is 5.32. The maximum atomic E-state index is 12.3. The first-order valence-electron chi connectivity index (χ1n) is 8.41. The lowest BCUT2D eigenvalue weighted by molar-refractivity contribution is 0.0942. The fourth-order valence-electron chi connectivity index (χ4n) is 2.28. The lowest BCUT2D eigenvalue weighted by Crippen LogP contribution is -2.30. The number of carbonyl (C=O) groups is 1.